The number of pyridine rings is 1. The summed E-state index contributed by atoms with van der Waals surface area (Å²) >= 11 is 6.15. The lowest BCUT2D eigenvalue weighted by Gasteiger charge is -2.10. The molecule has 0 spiro atoms. The average molecular weight is 289 g/mol. The van der Waals surface area contributed by atoms with E-state index < -0.39 is 0 Å². The van der Waals surface area contributed by atoms with Crippen molar-refractivity contribution in [1.82, 2.24) is 10.3 Å². The highest BCUT2D eigenvalue weighted by Crippen LogP contribution is 2.32. The molecule has 1 N–H and O–H groups in total. The van der Waals surface area contributed by atoms with Crippen molar-refractivity contribution in [2.45, 2.75) is 19.4 Å². The second-order valence-electron chi connectivity index (χ2n) is 4.94. The van der Waals surface area contributed by atoms with E-state index in [2.05, 4.69) is 16.4 Å². The number of fused-ring (bicyclic) bond motifs is 1. The van der Waals surface area contributed by atoms with E-state index >= 15 is 0 Å². The summed E-state index contributed by atoms with van der Waals surface area (Å²) in [4.78, 5) is 4.12. The number of nitrogens with one attached hydrogen (secondary N) is 1. The lowest BCUT2D eigenvalue weighted by molar-refractivity contribution is 0.352. The van der Waals surface area contributed by atoms with Crippen molar-refractivity contribution in [2.75, 3.05) is 13.2 Å². The number of hydrogen-bond donors (Lipinski definition) is 1. The first-order valence-electron chi connectivity index (χ1n) is 6.86. The molecule has 1 aromatic heterocycles. The maximum Gasteiger partial charge on any atom is 0.127 e. The van der Waals surface area contributed by atoms with Crippen LogP contribution in [0.25, 0.3) is 0 Å². The van der Waals surface area contributed by atoms with Gasteiger partial charge in [0.25, 0.3) is 0 Å². The Hall–Kier alpha value is -1.58. The molecule has 0 aliphatic carbocycles. The van der Waals surface area contributed by atoms with Gasteiger partial charge in [0, 0.05) is 35.9 Å². The van der Waals surface area contributed by atoms with Crippen LogP contribution in [0, 0.1) is 0 Å². The molecule has 1 aliphatic rings. The minimum Gasteiger partial charge on any atom is -0.493 e. The summed E-state index contributed by atoms with van der Waals surface area (Å²) in [5.41, 5.74) is 3.62. The van der Waals surface area contributed by atoms with Crippen molar-refractivity contribution >= 4 is 11.6 Å². The third-order valence-electron chi connectivity index (χ3n) is 3.45. The molecule has 104 valence electrons. The first-order chi connectivity index (χ1) is 9.83. The van der Waals surface area contributed by atoms with Gasteiger partial charge < -0.3 is 10.1 Å². The Bertz CT molecular complexity index is 587. The third kappa shape index (κ3) is 3.11. The van der Waals surface area contributed by atoms with Gasteiger partial charge in [-0.3, -0.25) is 4.98 Å². The molecule has 4 heteroatoms. The zero-order valence-electron chi connectivity index (χ0n) is 11.2. The van der Waals surface area contributed by atoms with Crippen LogP contribution in [0.2, 0.25) is 5.02 Å². The van der Waals surface area contributed by atoms with Crippen molar-refractivity contribution in [3.8, 4) is 5.75 Å². The molecule has 2 heterocycles. The number of nitrogens with zero attached hydrogens (tertiary/aromatic N) is 1. The van der Waals surface area contributed by atoms with Crippen molar-refractivity contribution < 1.29 is 4.74 Å². The molecular weight excluding hydrogens is 272 g/mol. The Labute approximate surface area is 123 Å². The van der Waals surface area contributed by atoms with Gasteiger partial charge in [0.05, 0.1) is 6.61 Å². The lowest BCUT2D eigenvalue weighted by Crippen LogP contribution is -2.17. The minimum atomic E-state index is 0.762. The highest BCUT2D eigenvalue weighted by atomic mass is 35.5. The van der Waals surface area contributed by atoms with Crippen LogP contribution >= 0.6 is 11.6 Å². The molecule has 0 unspecified atom stereocenters. The van der Waals surface area contributed by atoms with E-state index in [0.29, 0.717) is 0 Å². The van der Waals surface area contributed by atoms with Crippen LogP contribution in [-0.4, -0.2) is 18.1 Å². The van der Waals surface area contributed by atoms with Crippen molar-refractivity contribution in [2.24, 2.45) is 0 Å². The standard InChI is InChI=1S/C16H17ClN2O/c17-15-8-13-4-7-20-16(13)14(9-15)11-19-6-3-12-2-1-5-18-10-12/h1-2,5,8-10,19H,3-4,6-7,11H2. The molecule has 1 aromatic carbocycles. The van der Waals surface area contributed by atoms with E-state index in [1.807, 2.05) is 24.4 Å². The predicted molar refractivity (Wildman–Crippen MR) is 80.3 cm³/mol. The van der Waals surface area contributed by atoms with Crippen LogP contribution in [0.5, 0.6) is 5.75 Å². The van der Waals surface area contributed by atoms with Crippen molar-refractivity contribution in [3.05, 3.63) is 58.4 Å². The normalized spacial score (nSPS) is 13.1. The van der Waals surface area contributed by atoms with Crippen LogP contribution in [-0.2, 0) is 19.4 Å². The molecule has 0 amide bonds. The van der Waals surface area contributed by atoms with Gasteiger partial charge in [-0.15, -0.1) is 0 Å². The molecule has 0 saturated heterocycles. The van der Waals surface area contributed by atoms with E-state index in [4.69, 9.17) is 16.3 Å². The minimum absolute atomic E-state index is 0.762. The number of ether oxygens (including phenoxy) is 1. The summed E-state index contributed by atoms with van der Waals surface area (Å²) in [6, 6.07) is 8.05. The largest absolute Gasteiger partial charge is 0.493 e. The predicted octanol–water partition coefficient (Wildman–Crippen LogP) is 3.00. The Morgan fingerprint density at radius 2 is 2.30 bits per heavy atom. The topological polar surface area (TPSA) is 34.2 Å². The molecule has 0 bridgehead atoms. The summed E-state index contributed by atoms with van der Waals surface area (Å²) < 4.78 is 5.69. The van der Waals surface area contributed by atoms with Crippen molar-refractivity contribution in [3.63, 3.8) is 0 Å². The summed E-state index contributed by atoms with van der Waals surface area (Å²) in [5.74, 6) is 1.02. The van der Waals surface area contributed by atoms with E-state index in [-0.39, 0.29) is 0 Å². The number of halogens is 1. The van der Waals surface area contributed by atoms with Crippen LogP contribution < -0.4 is 10.1 Å². The van der Waals surface area contributed by atoms with Gasteiger partial charge in [0.2, 0.25) is 0 Å². The van der Waals surface area contributed by atoms with Gasteiger partial charge >= 0.3 is 0 Å². The average Bonchev–Trinajstić information content (AvgIpc) is 2.92. The molecule has 3 rings (SSSR count). The summed E-state index contributed by atoms with van der Waals surface area (Å²) in [5, 5.41) is 4.23. The van der Waals surface area contributed by atoms with Gasteiger partial charge in [-0.1, -0.05) is 17.7 Å². The number of benzene rings is 1. The molecule has 2 aromatic rings. The summed E-state index contributed by atoms with van der Waals surface area (Å²) in [6.07, 6.45) is 5.63. The van der Waals surface area contributed by atoms with Gasteiger partial charge in [-0.05, 0) is 42.3 Å². The number of hydrogen-bond acceptors (Lipinski definition) is 3. The molecule has 20 heavy (non-hydrogen) atoms. The highest BCUT2D eigenvalue weighted by molar-refractivity contribution is 6.30. The van der Waals surface area contributed by atoms with Gasteiger partial charge in [-0.2, -0.15) is 0 Å². The number of rotatable bonds is 5. The SMILES string of the molecule is Clc1cc2c(c(CNCCc3cccnc3)c1)OCC2. The molecule has 0 radical (unpaired) electrons. The second-order valence-corrected chi connectivity index (χ2v) is 5.38. The maximum absolute atomic E-state index is 6.15. The zero-order chi connectivity index (χ0) is 13.8. The maximum atomic E-state index is 6.15. The van der Waals surface area contributed by atoms with Gasteiger partial charge in [0.15, 0.2) is 0 Å². The molecule has 0 fully saturated rings. The van der Waals surface area contributed by atoms with E-state index in [1.165, 1.54) is 11.1 Å². The fourth-order valence-electron chi connectivity index (χ4n) is 2.48. The van der Waals surface area contributed by atoms with E-state index in [1.54, 1.807) is 6.20 Å². The zero-order valence-corrected chi connectivity index (χ0v) is 12.0. The fourth-order valence-corrected chi connectivity index (χ4v) is 2.74. The quantitative estimate of drug-likeness (QED) is 0.859. The first-order valence-corrected chi connectivity index (χ1v) is 7.24. The van der Waals surface area contributed by atoms with Gasteiger partial charge in [-0.25, -0.2) is 0 Å². The molecular formula is C16H17ClN2O. The van der Waals surface area contributed by atoms with Crippen LogP contribution in [0.4, 0.5) is 0 Å². The van der Waals surface area contributed by atoms with Crippen LogP contribution in [0.15, 0.2) is 36.7 Å². The smallest absolute Gasteiger partial charge is 0.127 e. The fraction of sp³-hybridized carbons (Fsp3) is 0.312. The Kier molecular flexibility index (Phi) is 4.19. The van der Waals surface area contributed by atoms with Crippen LogP contribution in [0.1, 0.15) is 16.7 Å². The van der Waals surface area contributed by atoms with Gasteiger partial charge in [0.1, 0.15) is 5.75 Å². The first kappa shape index (κ1) is 13.4. The molecule has 3 nitrogen and oxygen atoms in total. The number of aromatic nitrogens is 1. The monoisotopic (exact) mass is 288 g/mol. The summed E-state index contributed by atoms with van der Waals surface area (Å²) in [7, 11) is 0. The Morgan fingerprint density at radius 1 is 1.35 bits per heavy atom. The second kappa shape index (κ2) is 6.25. The summed E-state index contributed by atoms with van der Waals surface area (Å²) in [6.45, 7) is 2.45. The molecule has 1 aliphatic heterocycles. The highest BCUT2D eigenvalue weighted by Gasteiger charge is 2.17. The third-order valence-corrected chi connectivity index (χ3v) is 3.67. The Balaban J connectivity index is 1.57. The Morgan fingerprint density at radius 3 is 3.15 bits per heavy atom. The van der Waals surface area contributed by atoms with Crippen molar-refractivity contribution in [1.29, 1.82) is 0 Å². The molecule has 0 atom stereocenters. The lowest BCUT2D eigenvalue weighted by atomic mass is 10.1. The van der Waals surface area contributed by atoms with E-state index in [0.717, 1.165) is 48.9 Å². The van der Waals surface area contributed by atoms with E-state index in [9.17, 15) is 0 Å². The molecule has 0 saturated carbocycles. The van der Waals surface area contributed by atoms with Crippen LogP contribution in [0.3, 0.4) is 0 Å².